The van der Waals surface area contributed by atoms with Crippen LogP contribution in [-0.4, -0.2) is 40.9 Å². The first-order valence-electron chi connectivity index (χ1n) is 11.1. The van der Waals surface area contributed by atoms with Crippen LogP contribution in [-0.2, 0) is 27.4 Å². The number of ether oxygens (including phenoxy) is 2. The first-order chi connectivity index (χ1) is 16.0. The van der Waals surface area contributed by atoms with Crippen molar-refractivity contribution < 1.29 is 23.9 Å². The van der Waals surface area contributed by atoms with Gasteiger partial charge in [-0.1, -0.05) is 30.3 Å². The van der Waals surface area contributed by atoms with Gasteiger partial charge in [-0.3, -0.25) is 4.79 Å². The summed E-state index contributed by atoms with van der Waals surface area (Å²) in [5.74, 6) is -0.838. The van der Waals surface area contributed by atoms with E-state index >= 15 is 0 Å². The second-order valence-corrected chi connectivity index (χ2v) is 7.99. The molecule has 1 aliphatic heterocycles. The molecule has 1 aromatic heterocycles. The first-order valence-corrected chi connectivity index (χ1v) is 11.1. The third-order valence-electron chi connectivity index (χ3n) is 5.78. The highest BCUT2D eigenvalue weighted by Gasteiger charge is 2.22. The topological polar surface area (TPSA) is 85.8 Å². The van der Waals surface area contributed by atoms with Crippen LogP contribution < -0.4 is 0 Å². The summed E-state index contributed by atoms with van der Waals surface area (Å²) in [6.45, 7) is 4.97. The van der Waals surface area contributed by atoms with Gasteiger partial charge < -0.3 is 14.4 Å². The molecule has 1 fully saturated rings. The van der Waals surface area contributed by atoms with Crippen LogP contribution in [0.3, 0.4) is 0 Å². The molecule has 7 nitrogen and oxygen atoms in total. The lowest BCUT2D eigenvalue weighted by Crippen LogP contribution is -2.23. The molecule has 1 amide bonds. The number of benzene rings is 2. The van der Waals surface area contributed by atoms with Crippen molar-refractivity contribution in [3.05, 3.63) is 76.5 Å². The number of para-hydroxylation sites is 1. The number of likely N-dealkylation sites (tertiary alicyclic amines) is 1. The molecule has 0 saturated carbocycles. The molecular formula is C26H26N2O5. The molecule has 7 heteroatoms. The zero-order chi connectivity index (χ0) is 23.4. The van der Waals surface area contributed by atoms with Crippen LogP contribution in [0.5, 0.6) is 0 Å². The summed E-state index contributed by atoms with van der Waals surface area (Å²) in [5.41, 5.74) is 3.50. The van der Waals surface area contributed by atoms with E-state index in [0.29, 0.717) is 29.8 Å². The van der Waals surface area contributed by atoms with Crippen molar-refractivity contribution in [3.8, 4) is 0 Å². The van der Waals surface area contributed by atoms with Crippen molar-refractivity contribution in [2.24, 2.45) is 0 Å². The minimum atomic E-state index is -0.513. The Balaban J connectivity index is 1.50. The van der Waals surface area contributed by atoms with E-state index in [4.69, 9.17) is 9.47 Å². The third-order valence-corrected chi connectivity index (χ3v) is 5.78. The van der Waals surface area contributed by atoms with Gasteiger partial charge in [0.15, 0.2) is 0 Å². The van der Waals surface area contributed by atoms with Crippen molar-refractivity contribution in [2.75, 3.05) is 13.2 Å². The van der Waals surface area contributed by atoms with E-state index in [1.165, 1.54) is 0 Å². The lowest BCUT2D eigenvalue weighted by Gasteiger charge is -2.16. The number of esters is 2. The molecule has 0 radical (unpaired) electrons. The number of amides is 1. The van der Waals surface area contributed by atoms with Crippen LogP contribution in [0.2, 0.25) is 0 Å². The van der Waals surface area contributed by atoms with E-state index in [9.17, 15) is 14.4 Å². The Morgan fingerprint density at radius 1 is 1.03 bits per heavy atom. The molecule has 2 aromatic carbocycles. The quantitative estimate of drug-likeness (QED) is 0.506. The summed E-state index contributed by atoms with van der Waals surface area (Å²) in [5, 5.41) is 0.850. The molecule has 170 valence electrons. The van der Waals surface area contributed by atoms with Crippen molar-refractivity contribution in [2.45, 2.75) is 39.8 Å². The number of hydrogen-bond acceptors (Lipinski definition) is 6. The number of pyridine rings is 1. The van der Waals surface area contributed by atoms with E-state index in [0.717, 1.165) is 35.0 Å². The summed E-state index contributed by atoms with van der Waals surface area (Å²) < 4.78 is 10.7. The number of fused-ring (bicyclic) bond motifs is 1. The maximum atomic E-state index is 12.7. The fourth-order valence-electron chi connectivity index (χ4n) is 4.07. The van der Waals surface area contributed by atoms with E-state index < -0.39 is 11.9 Å². The van der Waals surface area contributed by atoms with Gasteiger partial charge in [-0.15, -0.1) is 0 Å². The Labute approximate surface area is 192 Å². The molecular weight excluding hydrogens is 420 g/mol. The van der Waals surface area contributed by atoms with Gasteiger partial charge in [-0.2, -0.15) is 0 Å². The van der Waals surface area contributed by atoms with Gasteiger partial charge in [0.2, 0.25) is 5.91 Å². The number of hydrogen-bond donors (Lipinski definition) is 0. The molecule has 0 unspecified atom stereocenters. The highest BCUT2D eigenvalue weighted by Crippen LogP contribution is 2.24. The Kier molecular flexibility index (Phi) is 6.68. The average Bonchev–Trinajstić information content (AvgIpc) is 3.22. The first kappa shape index (κ1) is 22.5. The fourth-order valence-corrected chi connectivity index (χ4v) is 4.07. The number of aromatic nitrogens is 1. The Hall–Kier alpha value is -3.74. The molecule has 0 N–H and O–H groups in total. The van der Waals surface area contributed by atoms with Gasteiger partial charge in [-0.25, -0.2) is 14.6 Å². The van der Waals surface area contributed by atoms with Crippen LogP contribution in [0.4, 0.5) is 0 Å². The summed E-state index contributed by atoms with van der Waals surface area (Å²) in [6, 6.07) is 14.5. The predicted octanol–water partition coefficient (Wildman–Crippen LogP) is 4.20. The molecule has 2 heterocycles. The Morgan fingerprint density at radius 2 is 1.79 bits per heavy atom. The van der Waals surface area contributed by atoms with Crippen molar-refractivity contribution in [1.29, 1.82) is 0 Å². The molecule has 3 aromatic rings. The van der Waals surface area contributed by atoms with Crippen molar-refractivity contribution in [3.63, 3.8) is 0 Å². The Morgan fingerprint density at radius 3 is 2.48 bits per heavy atom. The summed E-state index contributed by atoms with van der Waals surface area (Å²) >= 11 is 0. The van der Waals surface area contributed by atoms with Gasteiger partial charge in [0.1, 0.15) is 6.61 Å². The third kappa shape index (κ3) is 4.87. The van der Waals surface area contributed by atoms with Crippen molar-refractivity contribution >= 4 is 28.7 Å². The molecule has 0 spiro atoms. The molecule has 1 aliphatic rings. The van der Waals surface area contributed by atoms with Gasteiger partial charge in [0.05, 0.1) is 28.9 Å². The van der Waals surface area contributed by atoms with Crippen LogP contribution in [0.1, 0.15) is 57.3 Å². The van der Waals surface area contributed by atoms with E-state index in [1.807, 2.05) is 48.2 Å². The monoisotopic (exact) mass is 446 g/mol. The highest BCUT2D eigenvalue weighted by molar-refractivity contribution is 5.98. The van der Waals surface area contributed by atoms with Gasteiger partial charge in [0.25, 0.3) is 0 Å². The molecule has 4 rings (SSSR count). The summed E-state index contributed by atoms with van der Waals surface area (Å²) in [6.07, 6.45) is 1.49. The normalized spacial score (nSPS) is 13.4. The maximum absolute atomic E-state index is 12.7. The number of aryl methyl sites for hydroxylation is 1. The van der Waals surface area contributed by atoms with Gasteiger partial charge in [-0.05, 0) is 49.6 Å². The van der Waals surface area contributed by atoms with Gasteiger partial charge >= 0.3 is 11.9 Å². The smallest absolute Gasteiger partial charge is 0.340 e. The zero-order valence-corrected chi connectivity index (χ0v) is 18.8. The second-order valence-electron chi connectivity index (χ2n) is 7.99. The lowest BCUT2D eigenvalue weighted by atomic mass is 10.0. The summed E-state index contributed by atoms with van der Waals surface area (Å²) in [4.78, 5) is 43.5. The minimum Gasteiger partial charge on any atom is -0.462 e. The van der Waals surface area contributed by atoms with Crippen LogP contribution >= 0.6 is 0 Å². The van der Waals surface area contributed by atoms with Crippen LogP contribution in [0.15, 0.2) is 48.5 Å². The zero-order valence-electron chi connectivity index (χ0n) is 18.8. The number of rotatable bonds is 7. The van der Waals surface area contributed by atoms with Crippen LogP contribution in [0, 0.1) is 6.92 Å². The summed E-state index contributed by atoms with van der Waals surface area (Å²) in [7, 11) is 0. The second kappa shape index (κ2) is 9.81. The molecule has 33 heavy (non-hydrogen) atoms. The lowest BCUT2D eigenvalue weighted by molar-refractivity contribution is -0.128. The average molecular weight is 447 g/mol. The van der Waals surface area contributed by atoms with E-state index in [1.54, 1.807) is 19.1 Å². The SMILES string of the molecule is CCOC(=O)c1c(COC(=O)c2ccc(CN3CCCC3=O)cc2)nc2ccccc2c1C. The standard InChI is InChI=1S/C26H26N2O5/c1-3-32-26(31)24-17(2)20-7-4-5-8-21(20)27-22(24)16-33-25(30)19-12-10-18(11-13-19)15-28-14-6-9-23(28)29/h4-5,7-8,10-13H,3,6,9,14-16H2,1-2H3. The molecule has 0 atom stereocenters. The number of nitrogens with zero attached hydrogens (tertiary/aromatic N) is 2. The largest absolute Gasteiger partial charge is 0.462 e. The van der Waals surface area contributed by atoms with E-state index in [-0.39, 0.29) is 19.1 Å². The van der Waals surface area contributed by atoms with Crippen LogP contribution in [0.25, 0.3) is 10.9 Å². The molecule has 0 bridgehead atoms. The molecule has 1 saturated heterocycles. The van der Waals surface area contributed by atoms with E-state index in [2.05, 4.69) is 4.98 Å². The fraction of sp³-hybridized carbons (Fsp3) is 0.308. The minimum absolute atomic E-state index is 0.150. The number of carbonyl (C=O) groups excluding carboxylic acids is 3. The Bertz CT molecular complexity index is 1200. The number of carbonyl (C=O) groups is 3. The maximum Gasteiger partial charge on any atom is 0.340 e. The predicted molar refractivity (Wildman–Crippen MR) is 123 cm³/mol. The highest BCUT2D eigenvalue weighted by atomic mass is 16.5. The van der Waals surface area contributed by atoms with Gasteiger partial charge in [0, 0.05) is 24.9 Å². The molecule has 0 aliphatic carbocycles. The van der Waals surface area contributed by atoms with Crippen molar-refractivity contribution in [1.82, 2.24) is 9.88 Å².